The van der Waals surface area contributed by atoms with Crippen molar-refractivity contribution in [2.24, 2.45) is 13.0 Å². The number of carbonyl (C=O) groups excluding carboxylic acids is 1. The van der Waals surface area contributed by atoms with Gasteiger partial charge in [0.2, 0.25) is 5.91 Å². The summed E-state index contributed by atoms with van der Waals surface area (Å²) in [5.41, 5.74) is 3.18. The zero-order valence-corrected chi connectivity index (χ0v) is 19.5. The summed E-state index contributed by atoms with van der Waals surface area (Å²) in [6, 6.07) is 7.53. The summed E-state index contributed by atoms with van der Waals surface area (Å²) in [5, 5.41) is 12.3. The van der Waals surface area contributed by atoms with Gasteiger partial charge in [0, 0.05) is 17.6 Å². The van der Waals surface area contributed by atoms with E-state index in [1.165, 1.54) is 35.0 Å². The van der Waals surface area contributed by atoms with E-state index in [2.05, 4.69) is 38.5 Å². The van der Waals surface area contributed by atoms with Crippen LogP contribution in [0.5, 0.6) is 0 Å². The topological polar surface area (TPSA) is 108 Å². The molecule has 32 heavy (non-hydrogen) atoms. The number of benzene rings is 1. The second kappa shape index (κ2) is 8.59. The summed E-state index contributed by atoms with van der Waals surface area (Å²) < 4.78 is 1.96. The number of rotatable bonds is 6. The van der Waals surface area contributed by atoms with Crippen molar-refractivity contribution in [3.63, 3.8) is 0 Å². The van der Waals surface area contributed by atoms with Crippen molar-refractivity contribution in [1.82, 2.24) is 24.7 Å². The number of aromatic nitrogens is 5. The number of anilines is 1. The zero-order chi connectivity index (χ0) is 22.2. The fraction of sp³-hybridized carbons (Fsp3) is 0.364. The number of nitrogens with one attached hydrogen (secondary N) is 3. The molecule has 8 nitrogen and oxygen atoms in total. The highest BCUT2D eigenvalue weighted by Crippen LogP contribution is 2.38. The first-order valence-electron chi connectivity index (χ1n) is 10.7. The van der Waals surface area contributed by atoms with Crippen molar-refractivity contribution in [2.75, 3.05) is 11.1 Å². The fourth-order valence-corrected chi connectivity index (χ4v) is 6.09. The minimum absolute atomic E-state index is 0.144. The number of thioether (sulfide) groups is 1. The van der Waals surface area contributed by atoms with E-state index in [0.717, 1.165) is 29.5 Å². The molecular formula is C22H24N6O2S2. The third kappa shape index (κ3) is 4.12. The monoisotopic (exact) mass is 468 g/mol. The molecule has 1 aliphatic rings. The van der Waals surface area contributed by atoms with E-state index in [1.54, 1.807) is 18.2 Å². The highest BCUT2D eigenvalue weighted by atomic mass is 32.2. The highest BCUT2D eigenvalue weighted by Gasteiger charge is 2.22. The molecule has 0 aliphatic heterocycles. The Morgan fingerprint density at radius 2 is 2.12 bits per heavy atom. The van der Waals surface area contributed by atoms with Gasteiger partial charge in [0.1, 0.15) is 0 Å². The second-order valence-electron chi connectivity index (χ2n) is 8.12. The average Bonchev–Trinajstić information content (AvgIpc) is 3.46. The third-order valence-electron chi connectivity index (χ3n) is 5.95. The summed E-state index contributed by atoms with van der Waals surface area (Å²) in [6.07, 6.45) is 4.81. The molecule has 0 fully saturated rings. The van der Waals surface area contributed by atoms with Crippen LogP contribution < -0.4 is 11.0 Å². The molecule has 0 saturated heterocycles. The van der Waals surface area contributed by atoms with Crippen LogP contribution >= 0.6 is 23.1 Å². The lowest BCUT2D eigenvalue weighted by Crippen LogP contribution is -2.14. The van der Waals surface area contributed by atoms with E-state index >= 15 is 0 Å². The maximum absolute atomic E-state index is 12.4. The minimum Gasteiger partial charge on any atom is -0.325 e. The van der Waals surface area contributed by atoms with E-state index < -0.39 is 0 Å². The predicted octanol–water partition coefficient (Wildman–Crippen LogP) is 3.96. The number of carbonyl (C=O) groups is 1. The number of thiophene rings is 1. The van der Waals surface area contributed by atoms with Crippen molar-refractivity contribution in [2.45, 2.75) is 37.8 Å². The Bertz CT molecular complexity index is 1350. The number of fused-ring (bicyclic) bond motifs is 2. The molecule has 3 heterocycles. The third-order valence-corrected chi connectivity index (χ3v) is 8.20. The number of aryl methyl sites for hydroxylation is 1. The van der Waals surface area contributed by atoms with E-state index in [0.29, 0.717) is 21.9 Å². The molecule has 10 heteroatoms. The van der Waals surface area contributed by atoms with Crippen LogP contribution in [0.3, 0.4) is 0 Å². The van der Waals surface area contributed by atoms with Gasteiger partial charge in [-0.25, -0.2) is 4.79 Å². The first-order chi connectivity index (χ1) is 15.5. The highest BCUT2D eigenvalue weighted by molar-refractivity contribution is 7.99. The maximum atomic E-state index is 12.4. The lowest BCUT2D eigenvalue weighted by Gasteiger charge is -2.19. The Labute approximate surface area is 192 Å². The Morgan fingerprint density at radius 1 is 1.28 bits per heavy atom. The number of nitrogens with zero attached hydrogens (tertiary/aromatic N) is 3. The summed E-state index contributed by atoms with van der Waals surface area (Å²) in [4.78, 5) is 31.8. The van der Waals surface area contributed by atoms with Gasteiger partial charge in [-0.3, -0.25) is 4.79 Å². The first-order valence-corrected chi connectivity index (χ1v) is 12.5. The standard InChI is InChI=1S/C22H24N6O2S2/c1-3-12-4-7-17-13(8-12)9-18(32-17)20-26-27-22(28(20)2)31-11-19(29)23-14-5-6-15-16(10-14)25-21(30)24-15/h5-6,9-10,12H,3-4,7-8,11H2,1-2H3,(H,23,29)(H2,24,25,30)/t12-/m1/s1. The molecule has 4 aromatic rings. The average molecular weight is 469 g/mol. The van der Waals surface area contributed by atoms with Crippen LogP contribution in [0.15, 0.2) is 34.2 Å². The first kappa shape index (κ1) is 21.0. The van der Waals surface area contributed by atoms with Crippen LogP contribution in [0.2, 0.25) is 0 Å². The molecule has 166 valence electrons. The van der Waals surface area contributed by atoms with Crippen molar-refractivity contribution < 1.29 is 4.79 Å². The fourth-order valence-electron chi connectivity index (χ4n) is 4.15. The molecule has 0 radical (unpaired) electrons. The van der Waals surface area contributed by atoms with Crippen LogP contribution in [0, 0.1) is 5.92 Å². The summed E-state index contributed by atoms with van der Waals surface area (Å²) in [6.45, 7) is 2.27. The molecule has 1 aromatic carbocycles. The Hall–Kier alpha value is -2.85. The lowest BCUT2D eigenvalue weighted by molar-refractivity contribution is -0.113. The number of hydrogen-bond acceptors (Lipinski definition) is 6. The van der Waals surface area contributed by atoms with E-state index in [1.807, 2.05) is 23.0 Å². The Kier molecular flexibility index (Phi) is 5.64. The van der Waals surface area contributed by atoms with E-state index in [4.69, 9.17) is 0 Å². The largest absolute Gasteiger partial charge is 0.325 e. The summed E-state index contributed by atoms with van der Waals surface area (Å²) in [7, 11) is 1.94. The molecule has 1 amide bonds. The summed E-state index contributed by atoms with van der Waals surface area (Å²) in [5.74, 6) is 1.70. The van der Waals surface area contributed by atoms with Gasteiger partial charge in [-0.15, -0.1) is 21.5 Å². The number of aromatic amines is 2. The van der Waals surface area contributed by atoms with Crippen LogP contribution in [-0.2, 0) is 24.7 Å². The molecule has 0 saturated carbocycles. The lowest BCUT2D eigenvalue weighted by atomic mass is 9.87. The quantitative estimate of drug-likeness (QED) is 0.371. The van der Waals surface area contributed by atoms with Gasteiger partial charge in [0.25, 0.3) is 0 Å². The van der Waals surface area contributed by atoms with E-state index in [-0.39, 0.29) is 17.3 Å². The van der Waals surface area contributed by atoms with Crippen molar-refractivity contribution in [3.05, 3.63) is 45.2 Å². The molecule has 1 atom stereocenters. The zero-order valence-electron chi connectivity index (χ0n) is 17.9. The van der Waals surface area contributed by atoms with Crippen molar-refractivity contribution in [3.8, 4) is 10.7 Å². The number of hydrogen-bond donors (Lipinski definition) is 3. The van der Waals surface area contributed by atoms with Gasteiger partial charge in [-0.05, 0) is 55.0 Å². The van der Waals surface area contributed by atoms with Crippen LogP contribution in [-0.4, -0.2) is 36.4 Å². The SMILES string of the molecule is CC[C@@H]1CCc2sc(-c3nnc(SCC(=O)Nc4ccc5[nH]c(=O)[nH]c5c4)n3C)cc2C1. The second-order valence-corrected chi connectivity index (χ2v) is 10.2. The van der Waals surface area contributed by atoms with E-state index in [9.17, 15) is 9.59 Å². The molecule has 1 aliphatic carbocycles. The number of amides is 1. The molecule has 5 rings (SSSR count). The van der Waals surface area contributed by atoms with Crippen molar-refractivity contribution in [1.29, 1.82) is 0 Å². The van der Waals surface area contributed by atoms with Crippen LogP contribution in [0.1, 0.15) is 30.2 Å². The molecule has 0 spiro atoms. The Morgan fingerprint density at radius 3 is 2.97 bits per heavy atom. The predicted molar refractivity (Wildman–Crippen MR) is 128 cm³/mol. The Balaban J connectivity index is 1.24. The normalized spacial score (nSPS) is 15.8. The minimum atomic E-state index is -0.270. The van der Waals surface area contributed by atoms with Gasteiger partial charge in [-0.1, -0.05) is 25.1 Å². The van der Waals surface area contributed by atoms with Gasteiger partial charge in [0.15, 0.2) is 11.0 Å². The molecule has 0 bridgehead atoms. The molecule has 3 aromatic heterocycles. The van der Waals surface area contributed by atoms with Gasteiger partial charge in [-0.2, -0.15) is 0 Å². The van der Waals surface area contributed by atoms with Crippen LogP contribution in [0.25, 0.3) is 21.7 Å². The van der Waals surface area contributed by atoms with Gasteiger partial charge in [0.05, 0.1) is 21.7 Å². The summed E-state index contributed by atoms with van der Waals surface area (Å²) >= 11 is 3.17. The molecule has 3 N–H and O–H groups in total. The molecule has 0 unspecified atom stereocenters. The molecular weight excluding hydrogens is 444 g/mol. The van der Waals surface area contributed by atoms with Crippen molar-refractivity contribution >= 4 is 45.7 Å². The number of imidazole rings is 1. The number of H-pyrrole nitrogens is 2. The maximum Gasteiger partial charge on any atom is 0.323 e. The van der Waals surface area contributed by atoms with Gasteiger partial charge < -0.3 is 19.9 Å². The van der Waals surface area contributed by atoms with Crippen LogP contribution in [0.4, 0.5) is 5.69 Å². The smallest absolute Gasteiger partial charge is 0.323 e. The van der Waals surface area contributed by atoms with Gasteiger partial charge >= 0.3 is 5.69 Å².